The van der Waals surface area contributed by atoms with Crippen LogP contribution in [0.25, 0.3) is 22.7 Å². The molecule has 3 aromatic heterocycles. The van der Waals surface area contributed by atoms with Crippen LogP contribution in [0.3, 0.4) is 0 Å². The Morgan fingerprint density at radius 1 is 1.31 bits per heavy atom. The number of nitroso groups, excluding NO2 is 1. The van der Waals surface area contributed by atoms with Crippen molar-refractivity contribution < 1.29 is 0 Å². The molecule has 7 nitrogen and oxygen atoms in total. The van der Waals surface area contributed by atoms with E-state index in [1.165, 1.54) is 17.7 Å². The van der Waals surface area contributed by atoms with E-state index in [9.17, 15) is 4.91 Å². The Balaban J connectivity index is 2.27. The van der Waals surface area contributed by atoms with Gasteiger partial charge in [0.15, 0.2) is 11.5 Å². The minimum Gasteiger partial charge on any atom is -0.332 e. The number of nitrogens with zero attached hydrogens (tertiary/aromatic N) is 5. The van der Waals surface area contributed by atoms with Crippen molar-refractivity contribution in [1.82, 2.24) is 24.9 Å². The summed E-state index contributed by atoms with van der Waals surface area (Å²) in [5.41, 5.74) is 3.25. The van der Waals surface area contributed by atoms with Crippen LogP contribution >= 0.6 is 11.3 Å². The second kappa shape index (κ2) is 3.42. The molecule has 0 saturated carbocycles. The Bertz CT molecular complexity index is 646. The van der Waals surface area contributed by atoms with Crippen molar-refractivity contribution in [2.24, 2.45) is 5.18 Å². The quantitative estimate of drug-likeness (QED) is 0.680. The second-order valence-electron chi connectivity index (χ2n) is 2.95. The van der Waals surface area contributed by atoms with Crippen LogP contribution in [0.5, 0.6) is 0 Å². The topological polar surface area (TPSA) is 96.8 Å². The zero-order chi connectivity index (χ0) is 11.0. The predicted molar refractivity (Wildman–Crippen MR) is 58.2 cm³/mol. The molecule has 0 spiro atoms. The molecule has 0 aliphatic heterocycles. The molecule has 0 aliphatic rings. The molecule has 0 fully saturated rings. The number of hydrogen-bond acceptors (Lipinski definition) is 7. The first-order chi connectivity index (χ1) is 7.88. The van der Waals surface area contributed by atoms with Gasteiger partial charge in [0, 0.05) is 5.38 Å². The van der Waals surface area contributed by atoms with E-state index in [2.05, 4.69) is 30.1 Å². The van der Waals surface area contributed by atoms with Gasteiger partial charge < -0.3 is 4.98 Å². The second-order valence-corrected chi connectivity index (χ2v) is 3.66. The van der Waals surface area contributed by atoms with E-state index in [4.69, 9.17) is 0 Å². The van der Waals surface area contributed by atoms with Crippen LogP contribution in [-0.4, -0.2) is 24.9 Å². The highest BCUT2D eigenvalue weighted by Gasteiger charge is 2.11. The molecule has 0 saturated heterocycles. The fourth-order valence-electron chi connectivity index (χ4n) is 1.34. The Kier molecular flexibility index (Phi) is 1.93. The van der Waals surface area contributed by atoms with Crippen molar-refractivity contribution in [3.63, 3.8) is 0 Å². The van der Waals surface area contributed by atoms with Gasteiger partial charge in [-0.05, 0) is 5.18 Å². The van der Waals surface area contributed by atoms with Gasteiger partial charge in [-0.3, -0.25) is 0 Å². The fourth-order valence-corrected chi connectivity index (χ4v) is 1.87. The number of aromatic nitrogens is 5. The summed E-state index contributed by atoms with van der Waals surface area (Å²) in [6, 6.07) is 0. The van der Waals surface area contributed by atoms with E-state index in [0.29, 0.717) is 22.7 Å². The van der Waals surface area contributed by atoms with E-state index >= 15 is 0 Å². The van der Waals surface area contributed by atoms with Crippen molar-refractivity contribution in [3.05, 3.63) is 22.1 Å². The van der Waals surface area contributed by atoms with E-state index in [0.717, 1.165) is 0 Å². The molecule has 1 N–H and O–H groups in total. The summed E-state index contributed by atoms with van der Waals surface area (Å²) >= 11 is 1.46. The Labute approximate surface area is 92.6 Å². The van der Waals surface area contributed by atoms with E-state index in [-0.39, 0.29) is 5.82 Å². The number of imidazole rings is 1. The Hall–Kier alpha value is -2.22. The molecule has 0 bridgehead atoms. The molecule has 0 atom stereocenters. The first kappa shape index (κ1) is 9.04. The zero-order valence-electron chi connectivity index (χ0n) is 7.78. The number of H-pyrrole nitrogens is 1. The van der Waals surface area contributed by atoms with E-state index < -0.39 is 0 Å². The van der Waals surface area contributed by atoms with E-state index in [1.54, 1.807) is 5.51 Å². The molecule has 8 heteroatoms. The predicted octanol–water partition coefficient (Wildman–Crippen LogP) is 1.87. The largest absolute Gasteiger partial charge is 0.332 e. The summed E-state index contributed by atoms with van der Waals surface area (Å²) in [5.74, 6) is 0.612. The third-order valence-corrected chi connectivity index (χ3v) is 2.62. The molecule has 0 aromatic carbocycles. The maximum atomic E-state index is 10.5. The summed E-state index contributed by atoms with van der Waals surface area (Å²) in [4.78, 5) is 29.4. The van der Waals surface area contributed by atoms with Gasteiger partial charge in [-0.1, -0.05) is 0 Å². The maximum Gasteiger partial charge on any atom is 0.225 e. The number of thiazole rings is 1. The minimum atomic E-state index is 0.0546. The lowest BCUT2D eigenvalue weighted by atomic mass is 10.5. The van der Waals surface area contributed by atoms with Gasteiger partial charge >= 0.3 is 0 Å². The third kappa shape index (κ3) is 1.27. The molecular formula is C8H4N6OS. The van der Waals surface area contributed by atoms with Crippen molar-refractivity contribution in [3.8, 4) is 11.5 Å². The highest BCUT2D eigenvalue weighted by molar-refractivity contribution is 7.07. The minimum absolute atomic E-state index is 0.0546. The average molecular weight is 232 g/mol. The first-order valence-corrected chi connectivity index (χ1v) is 5.25. The van der Waals surface area contributed by atoms with Gasteiger partial charge in [0.2, 0.25) is 5.82 Å². The molecule has 0 radical (unpaired) electrons. The van der Waals surface area contributed by atoms with Crippen molar-refractivity contribution >= 4 is 28.3 Å². The standard InChI is InChI=1S/C8H4N6OS/c15-14-8-5-7(9-2-10-8)13-6(12-5)4-1-16-3-11-4/h1-3H,(H,9,10,12,13). The first-order valence-electron chi connectivity index (χ1n) is 4.31. The van der Waals surface area contributed by atoms with E-state index in [1.807, 2.05) is 5.38 Å². The zero-order valence-corrected chi connectivity index (χ0v) is 8.60. The highest BCUT2D eigenvalue weighted by Crippen LogP contribution is 2.23. The summed E-state index contributed by atoms with van der Waals surface area (Å²) in [6.07, 6.45) is 1.25. The van der Waals surface area contributed by atoms with Crippen molar-refractivity contribution in [1.29, 1.82) is 0 Å². The molecule has 16 heavy (non-hydrogen) atoms. The van der Waals surface area contributed by atoms with Crippen LogP contribution in [0, 0.1) is 4.91 Å². The lowest BCUT2D eigenvalue weighted by Crippen LogP contribution is -1.80. The summed E-state index contributed by atoms with van der Waals surface area (Å²) < 4.78 is 0. The maximum absolute atomic E-state index is 10.5. The average Bonchev–Trinajstić information content (AvgIpc) is 2.96. The van der Waals surface area contributed by atoms with Gasteiger partial charge in [-0.15, -0.1) is 16.2 Å². The molecule has 3 heterocycles. The number of aromatic amines is 1. The van der Waals surface area contributed by atoms with Gasteiger partial charge in [0.05, 0.1) is 5.51 Å². The molecule has 0 aliphatic carbocycles. The monoisotopic (exact) mass is 232 g/mol. The van der Waals surface area contributed by atoms with Crippen LogP contribution in [0.2, 0.25) is 0 Å². The SMILES string of the molecule is O=Nc1ncnc2nc(-c3cscn3)[nH]c12. The van der Waals surface area contributed by atoms with Gasteiger partial charge in [0.1, 0.15) is 17.5 Å². The van der Waals surface area contributed by atoms with Crippen LogP contribution in [0.15, 0.2) is 22.4 Å². The summed E-state index contributed by atoms with van der Waals surface area (Å²) in [5, 5.41) is 4.65. The number of fused-ring (bicyclic) bond motifs is 1. The molecule has 78 valence electrons. The molecular weight excluding hydrogens is 228 g/mol. The molecule has 0 amide bonds. The molecule has 3 aromatic rings. The molecule has 0 unspecified atom stereocenters. The summed E-state index contributed by atoms with van der Waals surface area (Å²) in [6.45, 7) is 0. The van der Waals surface area contributed by atoms with Crippen LogP contribution in [0.4, 0.5) is 5.82 Å². The Morgan fingerprint density at radius 2 is 2.25 bits per heavy atom. The fraction of sp³-hybridized carbons (Fsp3) is 0. The smallest absolute Gasteiger partial charge is 0.225 e. The number of rotatable bonds is 2. The number of hydrogen-bond donors (Lipinski definition) is 1. The van der Waals surface area contributed by atoms with Gasteiger partial charge in [-0.25, -0.2) is 19.9 Å². The van der Waals surface area contributed by atoms with Crippen LogP contribution in [-0.2, 0) is 0 Å². The van der Waals surface area contributed by atoms with Crippen molar-refractivity contribution in [2.75, 3.05) is 0 Å². The highest BCUT2D eigenvalue weighted by atomic mass is 32.1. The van der Waals surface area contributed by atoms with Crippen LogP contribution < -0.4 is 0 Å². The van der Waals surface area contributed by atoms with Crippen LogP contribution in [0.1, 0.15) is 0 Å². The van der Waals surface area contributed by atoms with Crippen molar-refractivity contribution in [2.45, 2.75) is 0 Å². The number of nitrogens with one attached hydrogen (secondary N) is 1. The summed E-state index contributed by atoms with van der Waals surface area (Å²) in [7, 11) is 0. The normalized spacial score (nSPS) is 10.8. The lowest BCUT2D eigenvalue weighted by molar-refractivity contribution is 1.18. The Morgan fingerprint density at radius 3 is 3.00 bits per heavy atom. The lowest BCUT2D eigenvalue weighted by Gasteiger charge is -1.87. The third-order valence-electron chi connectivity index (χ3n) is 2.03. The van der Waals surface area contributed by atoms with Gasteiger partial charge in [0.25, 0.3) is 0 Å². The van der Waals surface area contributed by atoms with Gasteiger partial charge in [-0.2, -0.15) is 0 Å². The molecule has 3 rings (SSSR count).